The SMILES string of the molecule is CC(C)(C)OC(=O)Nc1ccc(C2CCCN2)c(O)c1. The molecule has 1 amide bonds. The number of amides is 1. The maximum Gasteiger partial charge on any atom is 0.412 e. The molecule has 110 valence electrons. The van der Waals surface area contributed by atoms with Crippen molar-refractivity contribution in [3.63, 3.8) is 0 Å². The number of hydrogen-bond donors (Lipinski definition) is 3. The van der Waals surface area contributed by atoms with E-state index in [9.17, 15) is 9.90 Å². The first-order valence-corrected chi connectivity index (χ1v) is 6.91. The molecule has 20 heavy (non-hydrogen) atoms. The fraction of sp³-hybridized carbons (Fsp3) is 0.533. The third-order valence-electron chi connectivity index (χ3n) is 3.11. The van der Waals surface area contributed by atoms with Crippen LogP contribution in [0.3, 0.4) is 0 Å². The van der Waals surface area contributed by atoms with Crippen LogP contribution in [-0.4, -0.2) is 23.3 Å². The Kier molecular flexibility index (Phi) is 4.18. The minimum Gasteiger partial charge on any atom is -0.508 e. The van der Waals surface area contributed by atoms with Crippen molar-refractivity contribution in [1.82, 2.24) is 5.32 Å². The van der Waals surface area contributed by atoms with Crippen molar-refractivity contribution >= 4 is 11.8 Å². The molecule has 1 heterocycles. The Bertz CT molecular complexity index is 488. The standard InChI is InChI=1S/C15H22N2O3/c1-15(2,3)20-14(19)17-10-6-7-11(13(18)9-10)12-5-4-8-16-12/h6-7,9,12,16,18H,4-5,8H2,1-3H3,(H,17,19). The van der Waals surface area contributed by atoms with Gasteiger partial charge < -0.3 is 15.2 Å². The summed E-state index contributed by atoms with van der Waals surface area (Å²) in [7, 11) is 0. The minimum atomic E-state index is -0.542. The van der Waals surface area contributed by atoms with Gasteiger partial charge in [-0.2, -0.15) is 0 Å². The Labute approximate surface area is 119 Å². The summed E-state index contributed by atoms with van der Waals surface area (Å²) in [5, 5.41) is 16.0. The van der Waals surface area contributed by atoms with Gasteiger partial charge in [0.1, 0.15) is 11.4 Å². The van der Waals surface area contributed by atoms with Crippen LogP contribution >= 0.6 is 0 Å². The molecule has 0 aromatic heterocycles. The van der Waals surface area contributed by atoms with Gasteiger partial charge >= 0.3 is 6.09 Å². The van der Waals surface area contributed by atoms with E-state index in [4.69, 9.17) is 4.74 Å². The van der Waals surface area contributed by atoms with Crippen molar-refractivity contribution in [2.75, 3.05) is 11.9 Å². The highest BCUT2D eigenvalue weighted by molar-refractivity contribution is 5.85. The van der Waals surface area contributed by atoms with E-state index in [-0.39, 0.29) is 11.8 Å². The molecule has 1 aromatic rings. The zero-order chi connectivity index (χ0) is 14.8. The number of phenolic OH excluding ortho intramolecular Hbond substituents is 1. The van der Waals surface area contributed by atoms with Crippen molar-refractivity contribution in [2.24, 2.45) is 0 Å². The van der Waals surface area contributed by atoms with Gasteiger partial charge in [-0.15, -0.1) is 0 Å². The molecule has 0 saturated carbocycles. The quantitative estimate of drug-likeness (QED) is 0.777. The van der Waals surface area contributed by atoms with E-state index in [1.54, 1.807) is 32.9 Å². The van der Waals surface area contributed by atoms with E-state index in [1.165, 1.54) is 0 Å². The fourth-order valence-corrected chi connectivity index (χ4v) is 2.29. The Balaban J connectivity index is 2.03. The van der Waals surface area contributed by atoms with Crippen molar-refractivity contribution in [3.8, 4) is 5.75 Å². The molecule has 1 aliphatic heterocycles. The molecule has 1 fully saturated rings. The molecule has 0 spiro atoms. The highest BCUT2D eigenvalue weighted by Crippen LogP contribution is 2.32. The number of carbonyl (C=O) groups excluding carboxylic acids is 1. The van der Waals surface area contributed by atoms with Crippen LogP contribution in [0.2, 0.25) is 0 Å². The smallest absolute Gasteiger partial charge is 0.412 e. The predicted molar refractivity (Wildman–Crippen MR) is 77.9 cm³/mol. The van der Waals surface area contributed by atoms with Crippen molar-refractivity contribution in [3.05, 3.63) is 23.8 Å². The third kappa shape index (κ3) is 3.87. The van der Waals surface area contributed by atoms with E-state index >= 15 is 0 Å². The topological polar surface area (TPSA) is 70.6 Å². The number of nitrogens with one attached hydrogen (secondary N) is 2. The lowest BCUT2D eigenvalue weighted by molar-refractivity contribution is 0.0636. The van der Waals surface area contributed by atoms with Crippen LogP contribution in [0.15, 0.2) is 18.2 Å². The second-order valence-electron chi connectivity index (χ2n) is 6.05. The molecule has 0 bridgehead atoms. The van der Waals surface area contributed by atoms with Crippen LogP contribution < -0.4 is 10.6 Å². The number of benzene rings is 1. The van der Waals surface area contributed by atoms with Gasteiger partial charge in [0.2, 0.25) is 0 Å². The Morgan fingerprint density at radius 2 is 2.20 bits per heavy atom. The molecule has 0 aliphatic carbocycles. The molecule has 1 aromatic carbocycles. The summed E-state index contributed by atoms with van der Waals surface area (Å²) < 4.78 is 5.17. The van der Waals surface area contributed by atoms with Gasteiger partial charge in [0.05, 0.1) is 0 Å². The van der Waals surface area contributed by atoms with Crippen LogP contribution in [0.1, 0.15) is 45.2 Å². The molecule has 1 saturated heterocycles. The number of hydrogen-bond acceptors (Lipinski definition) is 4. The molecule has 1 unspecified atom stereocenters. The van der Waals surface area contributed by atoms with Gasteiger partial charge in [-0.3, -0.25) is 5.32 Å². The highest BCUT2D eigenvalue weighted by atomic mass is 16.6. The summed E-state index contributed by atoms with van der Waals surface area (Å²) in [5.41, 5.74) is 0.857. The van der Waals surface area contributed by atoms with Gasteiger partial charge in [-0.05, 0) is 46.2 Å². The van der Waals surface area contributed by atoms with Gasteiger partial charge in [-0.25, -0.2) is 4.79 Å². The summed E-state index contributed by atoms with van der Waals surface area (Å²) >= 11 is 0. The summed E-state index contributed by atoms with van der Waals surface area (Å²) in [6.07, 6.45) is 1.61. The molecule has 2 rings (SSSR count). The minimum absolute atomic E-state index is 0.193. The lowest BCUT2D eigenvalue weighted by Crippen LogP contribution is -2.27. The van der Waals surface area contributed by atoms with Crippen molar-refractivity contribution < 1.29 is 14.6 Å². The molecule has 1 aliphatic rings. The van der Waals surface area contributed by atoms with Gasteiger partial charge in [0.15, 0.2) is 0 Å². The largest absolute Gasteiger partial charge is 0.508 e. The number of aromatic hydroxyl groups is 1. The monoisotopic (exact) mass is 278 g/mol. The molecule has 5 heteroatoms. The lowest BCUT2D eigenvalue weighted by atomic mass is 10.0. The highest BCUT2D eigenvalue weighted by Gasteiger charge is 2.20. The summed E-state index contributed by atoms with van der Waals surface area (Å²) in [6.45, 7) is 6.39. The van der Waals surface area contributed by atoms with E-state index < -0.39 is 11.7 Å². The number of anilines is 1. The predicted octanol–water partition coefficient (Wildman–Crippen LogP) is 3.16. The van der Waals surface area contributed by atoms with Gasteiger partial charge in [0.25, 0.3) is 0 Å². The van der Waals surface area contributed by atoms with Crippen LogP contribution in [-0.2, 0) is 4.74 Å². The summed E-state index contributed by atoms with van der Waals surface area (Å²) in [4.78, 5) is 11.7. The Morgan fingerprint density at radius 1 is 1.45 bits per heavy atom. The zero-order valence-corrected chi connectivity index (χ0v) is 12.2. The first kappa shape index (κ1) is 14.7. The van der Waals surface area contributed by atoms with E-state index in [0.717, 1.165) is 24.9 Å². The van der Waals surface area contributed by atoms with E-state index in [1.807, 2.05) is 6.07 Å². The maximum atomic E-state index is 11.7. The first-order valence-electron chi connectivity index (χ1n) is 6.91. The molecular formula is C15H22N2O3. The third-order valence-corrected chi connectivity index (χ3v) is 3.11. The number of rotatable bonds is 2. The van der Waals surface area contributed by atoms with Crippen molar-refractivity contribution in [1.29, 1.82) is 0 Å². The van der Waals surface area contributed by atoms with Crippen molar-refractivity contribution in [2.45, 2.75) is 45.3 Å². The second-order valence-corrected chi connectivity index (χ2v) is 6.05. The van der Waals surface area contributed by atoms with Gasteiger partial charge in [0, 0.05) is 23.4 Å². The second kappa shape index (κ2) is 5.71. The average molecular weight is 278 g/mol. The molecular weight excluding hydrogens is 256 g/mol. The molecule has 5 nitrogen and oxygen atoms in total. The lowest BCUT2D eigenvalue weighted by Gasteiger charge is -2.20. The van der Waals surface area contributed by atoms with Crippen LogP contribution in [0.5, 0.6) is 5.75 Å². The zero-order valence-electron chi connectivity index (χ0n) is 12.2. The maximum absolute atomic E-state index is 11.7. The Morgan fingerprint density at radius 3 is 2.75 bits per heavy atom. The normalized spacial score (nSPS) is 18.9. The number of ether oxygens (including phenoxy) is 1. The van der Waals surface area contributed by atoms with Crippen LogP contribution in [0, 0.1) is 0 Å². The molecule has 0 radical (unpaired) electrons. The molecule has 1 atom stereocenters. The summed E-state index contributed by atoms with van der Waals surface area (Å²) in [6, 6.07) is 5.37. The summed E-state index contributed by atoms with van der Waals surface area (Å²) in [5.74, 6) is 0.193. The first-order chi connectivity index (χ1) is 9.35. The van der Waals surface area contributed by atoms with E-state index in [2.05, 4.69) is 10.6 Å². The fourth-order valence-electron chi connectivity index (χ4n) is 2.29. The average Bonchev–Trinajstić information content (AvgIpc) is 2.79. The van der Waals surface area contributed by atoms with Crippen LogP contribution in [0.25, 0.3) is 0 Å². The van der Waals surface area contributed by atoms with E-state index in [0.29, 0.717) is 5.69 Å². The van der Waals surface area contributed by atoms with Gasteiger partial charge in [-0.1, -0.05) is 6.07 Å². The Hall–Kier alpha value is -1.75. The number of phenols is 1. The number of carbonyl (C=O) groups is 1. The van der Waals surface area contributed by atoms with Crippen LogP contribution in [0.4, 0.5) is 10.5 Å². The molecule has 3 N–H and O–H groups in total.